The lowest BCUT2D eigenvalue weighted by Crippen LogP contribution is -2.51. The van der Waals surface area contributed by atoms with E-state index in [1.165, 1.54) is 11.1 Å². The van der Waals surface area contributed by atoms with Gasteiger partial charge in [-0.2, -0.15) is 13.2 Å². The molecule has 0 radical (unpaired) electrons. The maximum Gasteiger partial charge on any atom is 0.401 e. The Morgan fingerprint density at radius 3 is 2.43 bits per heavy atom. The molecule has 2 heterocycles. The molecule has 0 bridgehead atoms. The number of nitrogens with zero attached hydrogens (tertiary/aromatic N) is 3. The van der Waals surface area contributed by atoms with E-state index >= 15 is 0 Å². The molecule has 0 saturated carbocycles. The van der Waals surface area contributed by atoms with Crippen LogP contribution in [-0.4, -0.2) is 59.6 Å². The second-order valence-electron chi connectivity index (χ2n) is 5.03. The summed E-state index contributed by atoms with van der Waals surface area (Å²) in [6.07, 6.45) is -2.58. The Labute approximate surface area is 120 Å². The van der Waals surface area contributed by atoms with Gasteiger partial charge in [0.2, 0.25) is 5.91 Å². The average molecular weight is 302 g/mol. The minimum absolute atomic E-state index is 0.126. The van der Waals surface area contributed by atoms with Crippen molar-refractivity contribution in [1.82, 2.24) is 14.8 Å². The molecule has 116 valence electrons. The Hall–Kier alpha value is -1.83. The molecule has 1 saturated heterocycles. The molecule has 1 fully saturated rings. The monoisotopic (exact) mass is 302 g/mol. The summed E-state index contributed by atoms with van der Waals surface area (Å²) in [5.74, 6) is -0.126. The highest BCUT2D eigenvalue weighted by atomic mass is 19.4. The molecule has 21 heavy (non-hydrogen) atoms. The van der Waals surface area contributed by atoms with Gasteiger partial charge in [0.1, 0.15) is 0 Å². The molecular weight excluding hydrogens is 285 g/mol. The summed E-state index contributed by atoms with van der Waals surface area (Å²) in [4.78, 5) is 19.0. The van der Waals surface area contributed by atoms with E-state index in [0.29, 0.717) is 24.5 Å². The third-order valence-electron chi connectivity index (χ3n) is 3.31. The smallest absolute Gasteiger partial charge is 0.397 e. The van der Waals surface area contributed by atoms with Crippen molar-refractivity contribution in [1.29, 1.82) is 0 Å². The van der Waals surface area contributed by atoms with Crippen LogP contribution in [0, 0.1) is 0 Å². The Bertz CT molecular complexity index is 481. The van der Waals surface area contributed by atoms with E-state index in [-0.39, 0.29) is 25.4 Å². The van der Waals surface area contributed by atoms with Crippen molar-refractivity contribution in [2.45, 2.75) is 12.6 Å². The Kier molecular flexibility index (Phi) is 4.66. The topological polar surface area (TPSA) is 62.5 Å². The van der Waals surface area contributed by atoms with Crippen LogP contribution in [0.3, 0.4) is 0 Å². The van der Waals surface area contributed by atoms with Gasteiger partial charge in [0.15, 0.2) is 0 Å². The number of amides is 1. The van der Waals surface area contributed by atoms with Crippen LogP contribution < -0.4 is 5.73 Å². The molecule has 0 atom stereocenters. The number of carbonyl (C=O) groups excluding carboxylic acids is 1. The lowest BCUT2D eigenvalue weighted by Gasteiger charge is -2.35. The Balaban J connectivity index is 1.81. The number of nitrogens with two attached hydrogens (primary N) is 1. The van der Waals surface area contributed by atoms with Gasteiger partial charge in [0.05, 0.1) is 24.8 Å². The van der Waals surface area contributed by atoms with Gasteiger partial charge in [-0.3, -0.25) is 14.7 Å². The highest BCUT2D eigenvalue weighted by Gasteiger charge is 2.32. The van der Waals surface area contributed by atoms with E-state index in [1.807, 2.05) is 0 Å². The van der Waals surface area contributed by atoms with Crippen LogP contribution in [0.1, 0.15) is 5.69 Å². The standard InChI is InChI=1S/C13H17F3N4O/c14-13(15,16)9-19-3-5-20(6-4-19)12(21)7-11-2-1-10(17)8-18-11/h1-2,8H,3-7,9,17H2. The number of aromatic nitrogens is 1. The van der Waals surface area contributed by atoms with Crippen molar-refractivity contribution in [3.63, 3.8) is 0 Å². The molecule has 0 unspecified atom stereocenters. The number of piperazine rings is 1. The molecule has 1 aliphatic rings. The van der Waals surface area contributed by atoms with Crippen LogP contribution in [0.15, 0.2) is 18.3 Å². The number of halogens is 3. The second-order valence-corrected chi connectivity index (χ2v) is 5.03. The van der Waals surface area contributed by atoms with Crippen LogP contribution in [-0.2, 0) is 11.2 Å². The molecule has 2 rings (SSSR count). The van der Waals surface area contributed by atoms with E-state index in [1.54, 1.807) is 17.0 Å². The van der Waals surface area contributed by atoms with Gasteiger partial charge in [-0.1, -0.05) is 0 Å². The largest absolute Gasteiger partial charge is 0.401 e. The van der Waals surface area contributed by atoms with Gasteiger partial charge >= 0.3 is 6.18 Å². The van der Waals surface area contributed by atoms with E-state index < -0.39 is 12.7 Å². The summed E-state index contributed by atoms with van der Waals surface area (Å²) in [5, 5.41) is 0. The quantitative estimate of drug-likeness (QED) is 0.901. The fraction of sp³-hybridized carbons (Fsp3) is 0.538. The van der Waals surface area contributed by atoms with Crippen LogP contribution in [0.25, 0.3) is 0 Å². The second kappa shape index (κ2) is 6.30. The molecule has 0 spiro atoms. The predicted molar refractivity (Wildman–Crippen MR) is 71.4 cm³/mol. The molecular formula is C13H17F3N4O. The van der Waals surface area contributed by atoms with Crippen molar-refractivity contribution < 1.29 is 18.0 Å². The van der Waals surface area contributed by atoms with Crippen molar-refractivity contribution >= 4 is 11.6 Å². The highest BCUT2D eigenvalue weighted by Crippen LogP contribution is 2.17. The number of pyridine rings is 1. The van der Waals surface area contributed by atoms with Gasteiger partial charge in [0.25, 0.3) is 0 Å². The molecule has 1 aromatic heterocycles. The number of hydrogen-bond donors (Lipinski definition) is 1. The predicted octanol–water partition coefficient (Wildman–Crippen LogP) is 0.913. The average Bonchev–Trinajstić information content (AvgIpc) is 2.40. The van der Waals surface area contributed by atoms with Gasteiger partial charge in [-0.25, -0.2) is 0 Å². The fourth-order valence-electron chi connectivity index (χ4n) is 2.22. The van der Waals surface area contributed by atoms with Gasteiger partial charge in [0, 0.05) is 31.9 Å². The first kappa shape index (κ1) is 15.6. The Morgan fingerprint density at radius 1 is 1.24 bits per heavy atom. The van der Waals surface area contributed by atoms with E-state index in [2.05, 4.69) is 4.98 Å². The highest BCUT2D eigenvalue weighted by molar-refractivity contribution is 5.78. The first-order valence-electron chi connectivity index (χ1n) is 6.61. The van der Waals surface area contributed by atoms with E-state index in [0.717, 1.165) is 0 Å². The summed E-state index contributed by atoms with van der Waals surface area (Å²) in [5.41, 5.74) is 6.63. The molecule has 2 N–H and O–H groups in total. The van der Waals surface area contributed by atoms with Crippen LogP contribution in [0.2, 0.25) is 0 Å². The summed E-state index contributed by atoms with van der Waals surface area (Å²) in [6.45, 7) is 0.170. The van der Waals surface area contributed by atoms with Gasteiger partial charge in [-0.15, -0.1) is 0 Å². The van der Waals surface area contributed by atoms with E-state index in [9.17, 15) is 18.0 Å². The summed E-state index contributed by atoms with van der Waals surface area (Å²) in [6, 6.07) is 3.34. The maximum atomic E-state index is 12.3. The molecule has 1 aliphatic heterocycles. The summed E-state index contributed by atoms with van der Waals surface area (Å²) >= 11 is 0. The Morgan fingerprint density at radius 2 is 1.90 bits per heavy atom. The van der Waals surface area contributed by atoms with Gasteiger partial charge < -0.3 is 10.6 Å². The third-order valence-corrected chi connectivity index (χ3v) is 3.31. The molecule has 1 amide bonds. The number of rotatable bonds is 3. The molecule has 0 aliphatic carbocycles. The van der Waals surface area contributed by atoms with Crippen LogP contribution in [0.5, 0.6) is 0 Å². The normalized spacial score (nSPS) is 17.0. The minimum Gasteiger partial charge on any atom is -0.397 e. The molecule has 1 aromatic rings. The molecule has 8 heteroatoms. The number of anilines is 1. The zero-order chi connectivity index (χ0) is 15.5. The first-order chi connectivity index (χ1) is 9.83. The first-order valence-corrected chi connectivity index (χ1v) is 6.61. The van der Waals surface area contributed by atoms with Crippen LogP contribution in [0.4, 0.5) is 18.9 Å². The number of carbonyl (C=O) groups is 1. The lowest BCUT2D eigenvalue weighted by molar-refractivity contribution is -0.151. The summed E-state index contributed by atoms with van der Waals surface area (Å²) < 4.78 is 36.8. The van der Waals surface area contributed by atoms with E-state index in [4.69, 9.17) is 5.73 Å². The van der Waals surface area contributed by atoms with Crippen molar-refractivity contribution in [2.75, 3.05) is 38.5 Å². The van der Waals surface area contributed by atoms with Crippen molar-refractivity contribution in [3.05, 3.63) is 24.0 Å². The minimum atomic E-state index is -4.19. The summed E-state index contributed by atoms with van der Waals surface area (Å²) in [7, 11) is 0. The zero-order valence-electron chi connectivity index (χ0n) is 11.4. The molecule has 5 nitrogen and oxygen atoms in total. The zero-order valence-corrected chi connectivity index (χ0v) is 11.4. The number of alkyl halides is 3. The molecule has 0 aromatic carbocycles. The van der Waals surface area contributed by atoms with Crippen molar-refractivity contribution in [3.8, 4) is 0 Å². The third kappa shape index (κ3) is 4.89. The van der Waals surface area contributed by atoms with Gasteiger partial charge in [-0.05, 0) is 12.1 Å². The SMILES string of the molecule is Nc1ccc(CC(=O)N2CCN(CC(F)(F)F)CC2)nc1. The lowest BCUT2D eigenvalue weighted by atomic mass is 10.2. The maximum absolute atomic E-state index is 12.3. The van der Waals surface area contributed by atoms with Crippen LogP contribution >= 0.6 is 0 Å². The number of hydrogen-bond acceptors (Lipinski definition) is 4. The van der Waals surface area contributed by atoms with Crippen molar-refractivity contribution in [2.24, 2.45) is 0 Å². The number of nitrogen functional groups attached to an aromatic ring is 1. The fourth-order valence-corrected chi connectivity index (χ4v) is 2.22.